The Morgan fingerprint density at radius 2 is 1.96 bits per heavy atom. The van der Waals surface area contributed by atoms with Gasteiger partial charge in [0.05, 0.1) is 0 Å². The van der Waals surface area contributed by atoms with E-state index in [1.165, 1.54) is 6.92 Å². The van der Waals surface area contributed by atoms with Crippen molar-refractivity contribution in [3.63, 3.8) is 0 Å². The van der Waals surface area contributed by atoms with Crippen LogP contribution in [0.5, 0.6) is 5.75 Å². The first kappa shape index (κ1) is 16.5. The summed E-state index contributed by atoms with van der Waals surface area (Å²) in [5.41, 5.74) is 1.09. The molecule has 1 N–H and O–H groups in total. The van der Waals surface area contributed by atoms with Crippen LogP contribution in [0.25, 0.3) is 0 Å². The third-order valence-electron chi connectivity index (χ3n) is 2.93. The molecule has 7 heteroatoms. The summed E-state index contributed by atoms with van der Waals surface area (Å²) in [5.74, 6) is 0.261. The Morgan fingerprint density at radius 3 is 2.57 bits per heavy atom. The number of nitrogens with zero attached hydrogens (tertiary/aromatic N) is 1. The van der Waals surface area contributed by atoms with Crippen LogP contribution >= 0.6 is 0 Å². The first-order chi connectivity index (χ1) is 10.9. The van der Waals surface area contributed by atoms with E-state index in [1.54, 1.807) is 25.1 Å². The van der Waals surface area contributed by atoms with Gasteiger partial charge in [-0.15, -0.1) is 0 Å². The molecule has 1 amide bonds. The van der Waals surface area contributed by atoms with Crippen LogP contribution in [0.4, 0.5) is 5.82 Å². The molecule has 1 heterocycles. The topological polar surface area (TPSA) is 90.7 Å². The Hall–Kier alpha value is -2.83. The minimum absolute atomic E-state index is 0.270. The molecule has 0 radical (unpaired) electrons. The highest BCUT2D eigenvalue weighted by Crippen LogP contribution is 2.12. The van der Waals surface area contributed by atoms with Gasteiger partial charge in [-0.3, -0.25) is 4.79 Å². The molecule has 0 aliphatic heterocycles. The summed E-state index contributed by atoms with van der Waals surface area (Å²) < 4.78 is 15.1. The highest BCUT2D eigenvalue weighted by Gasteiger charge is 2.19. The first-order valence-electron chi connectivity index (χ1n) is 7.07. The Kier molecular flexibility index (Phi) is 5.35. The maximum absolute atomic E-state index is 11.9. The summed E-state index contributed by atoms with van der Waals surface area (Å²) >= 11 is 0. The number of aryl methyl sites for hydroxylation is 2. The van der Waals surface area contributed by atoms with Crippen LogP contribution in [0, 0.1) is 13.8 Å². The average molecular weight is 318 g/mol. The summed E-state index contributed by atoms with van der Waals surface area (Å²) in [6.07, 6.45) is -0.971. The minimum atomic E-state index is -0.971. The second kappa shape index (κ2) is 7.44. The normalized spacial score (nSPS) is 11.6. The van der Waals surface area contributed by atoms with Crippen molar-refractivity contribution in [1.29, 1.82) is 0 Å². The lowest BCUT2D eigenvalue weighted by Gasteiger charge is -2.12. The van der Waals surface area contributed by atoms with E-state index in [0.717, 1.165) is 5.56 Å². The van der Waals surface area contributed by atoms with Gasteiger partial charge in [0.25, 0.3) is 5.91 Å². The van der Waals surface area contributed by atoms with E-state index < -0.39 is 18.0 Å². The largest absolute Gasteiger partial charge is 0.482 e. The number of aromatic nitrogens is 1. The monoisotopic (exact) mass is 318 g/mol. The van der Waals surface area contributed by atoms with Crippen LogP contribution in [-0.2, 0) is 14.3 Å². The zero-order valence-electron chi connectivity index (χ0n) is 13.2. The maximum atomic E-state index is 11.9. The molecule has 2 aromatic rings. The SMILES string of the molecule is Cc1ccc(OCC(=O)OC(C)C(=O)Nc2cc(C)on2)cc1. The van der Waals surface area contributed by atoms with Gasteiger partial charge in [0, 0.05) is 6.07 Å². The lowest BCUT2D eigenvalue weighted by Crippen LogP contribution is -2.31. The highest BCUT2D eigenvalue weighted by atomic mass is 16.6. The standard InChI is InChI=1S/C16H18N2O5/c1-10-4-6-13(7-5-10)21-9-15(19)22-12(3)16(20)17-14-8-11(2)23-18-14/h4-8,12H,9H2,1-3H3,(H,17,18,20). The van der Waals surface area contributed by atoms with Crippen LogP contribution in [0.2, 0.25) is 0 Å². The molecule has 1 aromatic carbocycles. The molecule has 122 valence electrons. The molecule has 0 saturated heterocycles. The van der Waals surface area contributed by atoms with Crippen LogP contribution in [0.3, 0.4) is 0 Å². The number of hydrogen-bond acceptors (Lipinski definition) is 6. The molecular formula is C16H18N2O5. The summed E-state index contributed by atoms with van der Waals surface area (Å²) in [6, 6.07) is 8.82. The van der Waals surface area contributed by atoms with Crippen LogP contribution in [-0.4, -0.2) is 29.7 Å². The number of hydrogen-bond donors (Lipinski definition) is 1. The third-order valence-corrected chi connectivity index (χ3v) is 2.93. The van der Waals surface area contributed by atoms with Gasteiger partial charge in [0.2, 0.25) is 0 Å². The molecule has 0 saturated carbocycles. The smallest absolute Gasteiger partial charge is 0.344 e. The van der Waals surface area contributed by atoms with Crippen molar-refractivity contribution in [3.8, 4) is 5.75 Å². The summed E-state index contributed by atoms with van der Waals surface area (Å²) in [6.45, 7) is 4.85. The lowest BCUT2D eigenvalue weighted by molar-refractivity contribution is -0.155. The second-order valence-electron chi connectivity index (χ2n) is 5.05. The summed E-state index contributed by atoms with van der Waals surface area (Å²) in [4.78, 5) is 23.6. The molecule has 1 unspecified atom stereocenters. The van der Waals surface area contributed by atoms with Crippen LogP contribution in [0.15, 0.2) is 34.9 Å². The van der Waals surface area contributed by atoms with Gasteiger partial charge in [-0.2, -0.15) is 0 Å². The van der Waals surface area contributed by atoms with E-state index in [2.05, 4.69) is 10.5 Å². The van der Waals surface area contributed by atoms with Crippen LogP contribution < -0.4 is 10.1 Å². The van der Waals surface area contributed by atoms with E-state index in [4.69, 9.17) is 14.0 Å². The van der Waals surface area contributed by atoms with E-state index in [-0.39, 0.29) is 12.4 Å². The van der Waals surface area contributed by atoms with Crippen molar-refractivity contribution in [2.24, 2.45) is 0 Å². The molecule has 1 atom stereocenters. The number of ether oxygens (including phenoxy) is 2. The number of amides is 1. The van der Waals surface area contributed by atoms with E-state index in [0.29, 0.717) is 11.5 Å². The fourth-order valence-corrected chi connectivity index (χ4v) is 1.71. The average Bonchev–Trinajstić information content (AvgIpc) is 2.91. The van der Waals surface area contributed by atoms with Crippen molar-refractivity contribution in [1.82, 2.24) is 5.16 Å². The predicted molar refractivity (Wildman–Crippen MR) is 82.1 cm³/mol. The number of esters is 1. The highest BCUT2D eigenvalue weighted by molar-refractivity contribution is 5.94. The summed E-state index contributed by atoms with van der Waals surface area (Å²) in [7, 11) is 0. The number of benzene rings is 1. The summed E-state index contributed by atoms with van der Waals surface area (Å²) in [5, 5.41) is 6.11. The van der Waals surface area contributed by atoms with E-state index in [9.17, 15) is 9.59 Å². The molecule has 7 nitrogen and oxygen atoms in total. The zero-order chi connectivity index (χ0) is 16.8. The third kappa shape index (κ3) is 5.14. The number of rotatable bonds is 6. The maximum Gasteiger partial charge on any atom is 0.344 e. The molecule has 0 spiro atoms. The van der Waals surface area contributed by atoms with Gasteiger partial charge in [0.15, 0.2) is 18.5 Å². The van der Waals surface area contributed by atoms with Gasteiger partial charge >= 0.3 is 5.97 Å². The second-order valence-corrected chi connectivity index (χ2v) is 5.05. The van der Waals surface area contributed by atoms with Crippen molar-refractivity contribution in [2.75, 3.05) is 11.9 Å². The van der Waals surface area contributed by atoms with Crippen molar-refractivity contribution >= 4 is 17.7 Å². The van der Waals surface area contributed by atoms with E-state index >= 15 is 0 Å². The van der Waals surface area contributed by atoms with Gasteiger partial charge in [-0.05, 0) is 32.9 Å². The molecule has 2 rings (SSSR count). The Balaban J connectivity index is 1.77. The first-order valence-corrected chi connectivity index (χ1v) is 7.07. The lowest BCUT2D eigenvalue weighted by atomic mass is 10.2. The molecule has 0 aliphatic carbocycles. The van der Waals surface area contributed by atoms with E-state index in [1.807, 2.05) is 19.1 Å². The van der Waals surface area contributed by atoms with Crippen LogP contribution in [0.1, 0.15) is 18.2 Å². The van der Waals surface area contributed by atoms with Crippen molar-refractivity contribution in [2.45, 2.75) is 26.9 Å². The Morgan fingerprint density at radius 1 is 1.26 bits per heavy atom. The molecule has 0 aliphatic rings. The predicted octanol–water partition coefficient (Wildman–Crippen LogP) is 2.24. The molecule has 1 aromatic heterocycles. The number of carbonyl (C=O) groups excluding carboxylic acids is 2. The van der Waals surface area contributed by atoms with Gasteiger partial charge in [-0.1, -0.05) is 22.9 Å². The van der Waals surface area contributed by atoms with Gasteiger partial charge in [-0.25, -0.2) is 4.79 Å². The quantitative estimate of drug-likeness (QED) is 0.821. The fourth-order valence-electron chi connectivity index (χ4n) is 1.71. The Labute approximate surface area is 133 Å². The fraction of sp³-hybridized carbons (Fsp3) is 0.312. The number of nitrogens with one attached hydrogen (secondary N) is 1. The Bertz CT molecular complexity index is 678. The van der Waals surface area contributed by atoms with Crippen molar-refractivity contribution in [3.05, 3.63) is 41.7 Å². The molecule has 0 bridgehead atoms. The van der Waals surface area contributed by atoms with Gasteiger partial charge in [0.1, 0.15) is 11.5 Å². The van der Waals surface area contributed by atoms with Crippen molar-refractivity contribution < 1.29 is 23.6 Å². The van der Waals surface area contributed by atoms with Gasteiger partial charge < -0.3 is 19.3 Å². The zero-order valence-corrected chi connectivity index (χ0v) is 13.2. The molecular weight excluding hydrogens is 300 g/mol. The number of anilines is 1. The number of carbonyl (C=O) groups is 2. The minimum Gasteiger partial charge on any atom is -0.482 e. The molecule has 0 fully saturated rings. The molecule has 23 heavy (non-hydrogen) atoms.